The van der Waals surface area contributed by atoms with Crippen LogP contribution in [0.5, 0.6) is 0 Å². The quantitative estimate of drug-likeness (QED) is 0.686. The van der Waals surface area contributed by atoms with E-state index in [1.807, 2.05) is 47.4 Å². The number of likely N-dealkylation sites (tertiary alicyclic amines) is 1. The molecule has 1 saturated heterocycles. The first-order valence-corrected chi connectivity index (χ1v) is 10.2. The van der Waals surface area contributed by atoms with Gasteiger partial charge < -0.3 is 10.2 Å². The third-order valence-electron chi connectivity index (χ3n) is 5.19. The summed E-state index contributed by atoms with van der Waals surface area (Å²) in [5.41, 5.74) is 2.67. The SMILES string of the molecule is O=C(NCCC(=O)N1CCCC1)c1cc(-c2ccccc2Cl)nc2ccccc12. The Morgan fingerprint density at radius 2 is 1.76 bits per heavy atom. The minimum atomic E-state index is -0.217. The molecule has 1 aliphatic rings. The Morgan fingerprint density at radius 3 is 2.55 bits per heavy atom. The number of rotatable bonds is 5. The van der Waals surface area contributed by atoms with E-state index in [2.05, 4.69) is 10.3 Å². The number of fused-ring (bicyclic) bond motifs is 1. The number of carbonyl (C=O) groups excluding carboxylic acids is 2. The predicted octanol–water partition coefficient (Wildman–Crippen LogP) is 4.30. The molecule has 1 aliphatic heterocycles. The Bertz CT molecular complexity index is 1060. The second kappa shape index (κ2) is 8.62. The van der Waals surface area contributed by atoms with Gasteiger partial charge in [0.15, 0.2) is 0 Å². The largest absolute Gasteiger partial charge is 0.351 e. The molecule has 148 valence electrons. The number of para-hydroxylation sites is 1. The van der Waals surface area contributed by atoms with Gasteiger partial charge in [-0.1, -0.05) is 48.0 Å². The highest BCUT2D eigenvalue weighted by Crippen LogP contribution is 2.29. The van der Waals surface area contributed by atoms with Crippen molar-refractivity contribution >= 4 is 34.3 Å². The summed E-state index contributed by atoms with van der Waals surface area (Å²) >= 11 is 6.34. The number of hydrogen-bond acceptors (Lipinski definition) is 3. The molecule has 0 unspecified atom stereocenters. The number of pyridine rings is 1. The summed E-state index contributed by atoms with van der Waals surface area (Å²) in [6.07, 6.45) is 2.43. The molecule has 0 atom stereocenters. The second-order valence-electron chi connectivity index (χ2n) is 7.15. The smallest absolute Gasteiger partial charge is 0.252 e. The van der Waals surface area contributed by atoms with Gasteiger partial charge in [0.2, 0.25) is 5.91 Å². The van der Waals surface area contributed by atoms with Gasteiger partial charge in [0.05, 0.1) is 16.8 Å². The van der Waals surface area contributed by atoms with Crippen LogP contribution in [0, 0.1) is 0 Å². The number of aromatic nitrogens is 1. The van der Waals surface area contributed by atoms with Crippen LogP contribution in [0.2, 0.25) is 5.02 Å². The van der Waals surface area contributed by atoms with Crippen molar-refractivity contribution in [2.24, 2.45) is 0 Å². The highest BCUT2D eigenvalue weighted by molar-refractivity contribution is 6.33. The van der Waals surface area contributed by atoms with E-state index in [1.54, 1.807) is 12.1 Å². The molecule has 0 bridgehead atoms. The molecule has 4 rings (SSSR count). The van der Waals surface area contributed by atoms with Gasteiger partial charge in [-0.05, 0) is 31.0 Å². The molecular formula is C23H22ClN3O2. The van der Waals surface area contributed by atoms with Gasteiger partial charge in [-0.2, -0.15) is 0 Å². The van der Waals surface area contributed by atoms with E-state index in [-0.39, 0.29) is 11.8 Å². The number of amides is 2. The lowest BCUT2D eigenvalue weighted by molar-refractivity contribution is -0.129. The molecular weight excluding hydrogens is 386 g/mol. The van der Waals surface area contributed by atoms with Gasteiger partial charge in [-0.25, -0.2) is 4.98 Å². The molecule has 0 saturated carbocycles. The maximum absolute atomic E-state index is 12.9. The first-order valence-electron chi connectivity index (χ1n) is 9.84. The molecule has 1 N–H and O–H groups in total. The van der Waals surface area contributed by atoms with Crippen LogP contribution < -0.4 is 5.32 Å². The highest BCUT2D eigenvalue weighted by Gasteiger charge is 2.19. The maximum atomic E-state index is 12.9. The summed E-state index contributed by atoms with van der Waals surface area (Å²) in [6, 6.07) is 16.7. The summed E-state index contributed by atoms with van der Waals surface area (Å²) in [5, 5.41) is 4.24. The third kappa shape index (κ3) is 4.25. The summed E-state index contributed by atoms with van der Waals surface area (Å²) in [7, 11) is 0. The third-order valence-corrected chi connectivity index (χ3v) is 5.52. The van der Waals surface area contributed by atoms with E-state index >= 15 is 0 Å². The van der Waals surface area contributed by atoms with E-state index in [0.717, 1.165) is 42.4 Å². The van der Waals surface area contributed by atoms with Gasteiger partial charge in [0.1, 0.15) is 0 Å². The second-order valence-corrected chi connectivity index (χ2v) is 7.55. The van der Waals surface area contributed by atoms with Crippen LogP contribution in [0.1, 0.15) is 29.6 Å². The lowest BCUT2D eigenvalue weighted by atomic mass is 10.0. The van der Waals surface area contributed by atoms with Gasteiger partial charge >= 0.3 is 0 Å². The molecule has 6 heteroatoms. The van der Waals surface area contributed by atoms with Crippen LogP contribution in [0.3, 0.4) is 0 Å². The number of hydrogen-bond donors (Lipinski definition) is 1. The van der Waals surface area contributed by atoms with Crippen molar-refractivity contribution < 1.29 is 9.59 Å². The molecule has 5 nitrogen and oxygen atoms in total. The van der Waals surface area contributed by atoms with Crippen LogP contribution in [0.25, 0.3) is 22.2 Å². The zero-order valence-corrected chi connectivity index (χ0v) is 16.8. The van der Waals surface area contributed by atoms with Crippen molar-refractivity contribution in [2.45, 2.75) is 19.3 Å². The standard InChI is InChI=1S/C23H22ClN3O2/c24-19-9-3-1-8-17(19)21-15-18(16-7-2-4-10-20(16)26-21)23(29)25-12-11-22(28)27-13-5-6-14-27/h1-4,7-10,15H,5-6,11-14H2,(H,25,29). The Kier molecular flexibility index (Phi) is 5.76. The molecule has 1 fully saturated rings. The molecule has 2 heterocycles. The summed E-state index contributed by atoms with van der Waals surface area (Å²) in [6.45, 7) is 1.96. The van der Waals surface area contributed by atoms with Crippen molar-refractivity contribution in [1.29, 1.82) is 0 Å². The fourth-order valence-corrected chi connectivity index (χ4v) is 3.91. The lowest BCUT2D eigenvalue weighted by Gasteiger charge is -2.15. The molecule has 2 aromatic carbocycles. The Balaban J connectivity index is 1.57. The van der Waals surface area contributed by atoms with Crippen molar-refractivity contribution in [3.63, 3.8) is 0 Å². The highest BCUT2D eigenvalue weighted by atomic mass is 35.5. The monoisotopic (exact) mass is 407 g/mol. The molecule has 29 heavy (non-hydrogen) atoms. The molecule has 0 aliphatic carbocycles. The summed E-state index contributed by atoms with van der Waals surface area (Å²) in [4.78, 5) is 31.7. The zero-order valence-electron chi connectivity index (χ0n) is 16.0. The van der Waals surface area contributed by atoms with Crippen LogP contribution in [0.4, 0.5) is 0 Å². The van der Waals surface area contributed by atoms with E-state index in [0.29, 0.717) is 29.2 Å². The predicted molar refractivity (Wildman–Crippen MR) is 115 cm³/mol. The van der Waals surface area contributed by atoms with Gasteiger partial charge in [0.25, 0.3) is 5.91 Å². The minimum Gasteiger partial charge on any atom is -0.351 e. The minimum absolute atomic E-state index is 0.0964. The average Bonchev–Trinajstić information content (AvgIpc) is 3.28. The molecule has 0 radical (unpaired) electrons. The topological polar surface area (TPSA) is 62.3 Å². The Hall–Kier alpha value is -2.92. The van der Waals surface area contributed by atoms with Crippen molar-refractivity contribution in [2.75, 3.05) is 19.6 Å². The molecule has 0 spiro atoms. The number of nitrogens with zero attached hydrogens (tertiary/aromatic N) is 2. The summed E-state index contributed by atoms with van der Waals surface area (Å²) in [5.74, 6) is -0.120. The fraction of sp³-hybridized carbons (Fsp3) is 0.261. The van der Waals surface area contributed by atoms with Crippen LogP contribution in [-0.4, -0.2) is 41.3 Å². The fourth-order valence-electron chi connectivity index (χ4n) is 3.67. The number of nitrogens with one attached hydrogen (secondary N) is 1. The first-order chi connectivity index (χ1) is 14.1. The van der Waals surface area contributed by atoms with Crippen molar-refractivity contribution in [3.8, 4) is 11.3 Å². The van der Waals surface area contributed by atoms with Crippen molar-refractivity contribution in [3.05, 3.63) is 65.2 Å². The van der Waals surface area contributed by atoms with Crippen LogP contribution >= 0.6 is 11.6 Å². The first kappa shape index (κ1) is 19.4. The van der Waals surface area contributed by atoms with E-state index in [4.69, 9.17) is 11.6 Å². The van der Waals surface area contributed by atoms with Gasteiger partial charge in [0, 0.05) is 42.0 Å². The Morgan fingerprint density at radius 1 is 1.03 bits per heavy atom. The zero-order chi connectivity index (χ0) is 20.2. The number of carbonyl (C=O) groups is 2. The normalized spacial score (nSPS) is 13.6. The van der Waals surface area contributed by atoms with Crippen LogP contribution in [-0.2, 0) is 4.79 Å². The number of halogens is 1. The van der Waals surface area contributed by atoms with Crippen molar-refractivity contribution in [1.82, 2.24) is 15.2 Å². The van der Waals surface area contributed by atoms with E-state index < -0.39 is 0 Å². The van der Waals surface area contributed by atoms with Gasteiger partial charge in [-0.15, -0.1) is 0 Å². The number of benzene rings is 2. The van der Waals surface area contributed by atoms with Gasteiger partial charge in [-0.3, -0.25) is 9.59 Å². The summed E-state index contributed by atoms with van der Waals surface area (Å²) < 4.78 is 0. The Labute approximate surface area is 174 Å². The average molecular weight is 408 g/mol. The van der Waals surface area contributed by atoms with E-state index in [1.165, 1.54) is 0 Å². The molecule has 1 aromatic heterocycles. The van der Waals surface area contributed by atoms with E-state index in [9.17, 15) is 9.59 Å². The molecule has 3 aromatic rings. The van der Waals surface area contributed by atoms with Crippen LogP contribution in [0.15, 0.2) is 54.6 Å². The lowest BCUT2D eigenvalue weighted by Crippen LogP contribution is -2.32. The maximum Gasteiger partial charge on any atom is 0.252 e. The molecule has 2 amide bonds.